The van der Waals surface area contributed by atoms with Crippen LogP contribution in [0.1, 0.15) is 56.0 Å². The van der Waals surface area contributed by atoms with Gasteiger partial charge in [-0.1, -0.05) is 32.9 Å². The molecule has 28 heavy (non-hydrogen) atoms. The summed E-state index contributed by atoms with van der Waals surface area (Å²) in [7, 11) is -1.74. The molecule has 3 aliphatic rings. The molecular weight excluding hydrogens is 374 g/mol. The standard InChI is InChI=1S/C21H31N3O3S/c1-20(2)11-18-12-21(3,14-20)15-24(18)19(25)17-7-5-16(6-8-17)13-23-10-9-22(4)28(23,26)27/h5-8,18H,9-15H2,1-4H3. The van der Waals surface area contributed by atoms with Crippen molar-refractivity contribution in [3.05, 3.63) is 35.4 Å². The third kappa shape index (κ3) is 3.48. The number of carbonyl (C=O) groups excluding carboxylic acids is 1. The Morgan fingerprint density at radius 2 is 1.79 bits per heavy atom. The fraction of sp³-hybridized carbons (Fsp3) is 0.667. The van der Waals surface area contributed by atoms with Crippen LogP contribution in [0.2, 0.25) is 0 Å². The molecule has 2 bridgehead atoms. The topological polar surface area (TPSA) is 60.9 Å². The van der Waals surface area contributed by atoms with Crippen molar-refractivity contribution in [2.24, 2.45) is 10.8 Å². The van der Waals surface area contributed by atoms with Crippen LogP contribution in [0.3, 0.4) is 0 Å². The van der Waals surface area contributed by atoms with Crippen molar-refractivity contribution >= 4 is 16.1 Å². The van der Waals surface area contributed by atoms with E-state index in [-0.39, 0.29) is 16.7 Å². The minimum Gasteiger partial charge on any atom is -0.335 e. The first kappa shape index (κ1) is 19.9. The number of hydrogen-bond donors (Lipinski definition) is 0. The minimum atomic E-state index is -3.34. The van der Waals surface area contributed by atoms with Crippen LogP contribution in [0, 0.1) is 10.8 Å². The predicted octanol–water partition coefficient (Wildman–Crippen LogP) is 2.72. The SMILES string of the molecule is CN1CCN(Cc2ccc(C(=O)N3CC4(C)CC3CC(C)(C)C4)cc2)S1(=O)=O. The number of likely N-dealkylation sites (N-methyl/N-ethyl adjacent to an activating group) is 1. The summed E-state index contributed by atoms with van der Waals surface area (Å²) >= 11 is 0. The summed E-state index contributed by atoms with van der Waals surface area (Å²) in [6.07, 6.45) is 3.32. The number of likely N-dealkylation sites (tertiary alicyclic amines) is 1. The van der Waals surface area contributed by atoms with Crippen LogP contribution in [0.4, 0.5) is 0 Å². The molecule has 0 spiro atoms. The van der Waals surface area contributed by atoms with Crippen molar-refractivity contribution in [3.63, 3.8) is 0 Å². The number of fused-ring (bicyclic) bond motifs is 2. The Morgan fingerprint density at radius 3 is 2.39 bits per heavy atom. The molecule has 2 atom stereocenters. The first-order chi connectivity index (χ1) is 13.0. The van der Waals surface area contributed by atoms with E-state index < -0.39 is 10.2 Å². The molecule has 0 aromatic heterocycles. The Balaban J connectivity index is 1.47. The highest BCUT2D eigenvalue weighted by Gasteiger charge is 2.51. The van der Waals surface area contributed by atoms with Gasteiger partial charge in [-0.05, 0) is 47.8 Å². The molecule has 6 nitrogen and oxygen atoms in total. The van der Waals surface area contributed by atoms with Gasteiger partial charge < -0.3 is 4.90 Å². The lowest BCUT2D eigenvalue weighted by molar-refractivity contribution is 0.0708. The molecule has 2 aliphatic heterocycles. The van der Waals surface area contributed by atoms with Gasteiger partial charge in [0.05, 0.1) is 0 Å². The summed E-state index contributed by atoms with van der Waals surface area (Å²) in [5, 5.41) is 0. The summed E-state index contributed by atoms with van der Waals surface area (Å²) in [5.41, 5.74) is 2.10. The van der Waals surface area contributed by atoms with Gasteiger partial charge >= 0.3 is 0 Å². The van der Waals surface area contributed by atoms with Gasteiger partial charge in [0.15, 0.2) is 0 Å². The van der Waals surface area contributed by atoms with Gasteiger partial charge in [-0.2, -0.15) is 17.0 Å². The van der Waals surface area contributed by atoms with Crippen LogP contribution in [-0.4, -0.2) is 60.6 Å². The van der Waals surface area contributed by atoms with E-state index in [4.69, 9.17) is 0 Å². The highest BCUT2D eigenvalue weighted by Crippen LogP contribution is 2.52. The number of carbonyl (C=O) groups is 1. The number of hydrogen-bond acceptors (Lipinski definition) is 3. The van der Waals surface area contributed by atoms with E-state index in [9.17, 15) is 13.2 Å². The maximum atomic E-state index is 13.2. The molecule has 2 saturated heterocycles. The Hall–Kier alpha value is -1.44. The quantitative estimate of drug-likeness (QED) is 0.777. The summed E-state index contributed by atoms with van der Waals surface area (Å²) in [4.78, 5) is 15.2. The molecule has 2 unspecified atom stereocenters. The minimum absolute atomic E-state index is 0.103. The first-order valence-electron chi connectivity index (χ1n) is 10.1. The molecule has 4 rings (SSSR count). The molecule has 3 fully saturated rings. The second-order valence-electron chi connectivity index (χ2n) is 10.0. The number of nitrogens with zero attached hydrogens (tertiary/aromatic N) is 3. The van der Waals surface area contributed by atoms with Crippen molar-refractivity contribution < 1.29 is 13.2 Å². The second kappa shape index (κ2) is 6.54. The van der Waals surface area contributed by atoms with Crippen molar-refractivity contribution in [1.29, 1.82) is 0 Å². The van der Waals surface area contributed by atoms with Crippen molar-refractivity contribution in [2.75, 3.05) is 26.7 Å². The Labute approximate surface area is 168 Å². The van der Waals surface area contributed by atoms with E-state index in [0.717, 1.165) is 31.4 Å². The third-order valence-corrected chi connectivity index (χ3v) is 8.55. The molecule has 0 radical (unpaired) electrons. The van der Waals surface area contributed by atoms with Gasteiger partial charge in [0, 0.05) is 44.8 Å². The average molecular weight is 406 g/mol. The molecule has 2 heterocycles. The summed E-state index contributed by atoms with van der Waals surface area (Å²) < 4.78 is 27.3. The van der Waals surface area contributed by atoms with Gasteiger partial charge in [-0.3, -0.25) is 4.79 Å². The third-order valence-electron chi connectivity index (χ3n) is 6.62. The first-order valence-corrected chi connectivity index (χ1v) is 11.5. The molecule has 1 aliphatic carbocycles. The summed E-state index contributed by atoms with van der Waals surface area (Å²) in [6.45, 7) is 9.13. The van der Waals surface area contributed by atoms with Gasteiger partial charge in [0.1, 0.15) is 0 Å². The van der Waals surface area contributed by atoms with E-state index >= 15 is 0 Å². The lowest BCUT2D eigenvalue weighted by Gasteiger charge is -2.39. The fourth-order valence-electron chi connectivity index (χ4n) is 5.66. The zero-order valence-corrected chi connectivity index (χ0v) is 18.1. The number of rotatable bonds is 3. The molecular formula is C21H31N3O3S. The van der Waals surface area contributed by atoms with Gasteiger partial charge in [0.25, 0.3) is 16.1 Å². The monoisotopic (exact) mass is 405 g/mol. The van der Waals surface area contributed by atoms with E-state index in [1.165, 1.54) is 8.61 Å². The number of amides is 1. The maximum Gasteiger partial charge on any atom is 0.282 e. The largest absolute Gasteiger partial charge is 0.335 e. The van der Waals surface area contributed by atoms with Crippen LogP contribution >= 0.6 is 0 Å². The molecule has 1 amide bonds. The van der Waals surface area contributed by atoms with Gasteiger partial charge in [-0.15, -0.1) is 0 Å². The van der Waals surface area contributed by atoms with Crippen LogP contribution in [0.5, 0.6) is 0 Å². The summed E-state index contributed by atoms with van der Waals surface area (Å²) in [5.74, 6) is 0.103. The zero-order valence-electron chi connectivity index (χ0n) is 17.3. The lowest BCUT2D eigenvalue weighted by Crippen LogP contribution is -2.37. The Bertz CT molecular complexity index is 881. The number of benzene rings is 1. The fourth-order valence-corrected chi connectivity index (χ4v) is 6.99. The van der Waals surface area contributed by atoms with Crippen LogP contribution in [0.15, 0.2) is 24.3 Å². The van der Waals surface area contributed by atoms with E-state index in [1.807, 2.05) is 24.3 Å². The molecule has 1 aromatic carbocycles. The highest BCUT2D eigenvalue weighted by molar-refractivity contribution is 7.86. The normalized spacial score (nSPS) is 32.0. The van der Waals surface area contributed by atoms with E-state index in [1.54, 1.807) is 7.05 Å². The maximum absolute atomic E-state index is 13.2. The second-order valence-corrected chi connectivity index (χ2v) is 12.0. The molecule has 1 aromatic rings. The lowest BCUT2D eigenvalue weighted by atomic mass is 9.65. The van der Waals surface area contributed by atoms with E-state index in [0.29, 0.717) is 31.2 Å². The van der Waals surface area contributed by atoms with Crippen molar-refractivity contribution in [3.8, 4) is 0 Å². The van der Waals surface area contributed by atoms with E-state index in [2.05, 4.69) is 25.7 Å². The molecule has 154 valence electrons. The summed E-state index contributed by atoms with van der Waals surface area (Å²) in [6, 6.07) is 7.79. The molecule has 7 heteroatoms. The smallest absolute Gasteiger partial charge is 0.282 e. The van der Waals surface area contributed by atoms with Crippen LogP contribution in [-0.2, 0) is 16.8 Å². The highest BCUT2D eigenvalue weighted by atomic mass is 32.2. The van der Waals surface area contributed by atoms with Crippen molar-refractivity contribution in [1.82, 2.24) is 13.5 Å². The Kier molecular flexibility index (Phi) is 4.64. The van der Waals surface area contributed by atoms with Crippen LogP contribution < -0.4 is 0 Å². The van der Waals surface area contributed by atoms with Gasteiger partial charge in [-0.25, -0.2) is 0 Å². The molecule has 1 saturated carbocycles. The zero-order chi connectivity index (χ0) is 20.3. The average Bonchev–Trinajstić information content (AvgIpc) is 3.00. The Morgan fingerprint density at radius 1 is 1.11 bits per heavy atom. The van der Waals surface area contributed by atoms with Gasteiger partial charge in [0.2, 0.25) is 0 Å². The van der Waals surface area contributed by atoms with Crippen LogP contribution in [0.25, 0.3) is 0 Å². The predicted molar refractivity (Wildman–Crippen MR) is 109 cm³/mol. The van der Waals surface area contributed by atoms with Crippen molar-refractivity contribution in [2.45, 2.75) is 52.6 Å². The molecule has 0 N–H and O–H groups in total.